The van der Waals surface area contributed by atoms with Gasteiger partial charge in [-0.25, -0.2) is 14.5 Å². The van der Waals surface area contributed by atoms with Crippen molar-refractivity contribution in [1.29, 1.82) is 0 Å². The van der Waals surface area contributed by atoms with Gasteiger partial charge in [-0.2, -0.15) is 13.2 Å². The summed E-state index contributed by atoms with van der Waals surface area (Å²) in [6, 6.07) is 0.416. The summed E-state index contributed by atoms with van der Waals surface area (Å²) in [6.07, 6.45) is -0.727. The minimum Gasteiger partial charge on any atom is -0.475 e. The van der Waals surface area contributed by atoms with Crippen LogP contribution in [0.4, 0.5) is 13.2 Å². The second-order valence-corrected chi connectivity index (χ2v) is 8.82. The smallest absolute Gasteiger partial charge is 0.475 e. The number of rotatable bonds is 6. The number of hydrogen-bond donors (Lipinski definition) is 2. The van der Waals surface area contributed by atoms with Crippen molar-refractivity contribution >= 4 is 17.3 Å². The number of halogens is 3. The molecule has 2 aromatic rings. The van der Waals surface area contributed by atoms with Crippen LogP contribution < -0.4 is 0 Å². The standard InChI is InChI=1S/C17H27N5OS.C2HF3O2/c1-12(2)16-11-24-17(18-16)10-21-6-4-15(5-7-21)22-9-14(19-20-22)8-13(3)23;3-2(4,5)1(6)7/h9,11-13,15,23H,4-8,10H2,1-3H3;(H,6,7). The summed E-state index contributed by atoms with van der Waals surface area (Å²) in [4.78, 5) is 16.1. The van der Waals surface area contributed by atoms with Crippen molar-refractivity contribution in [3.8, 4) is 0 Å². The maximum Gasteiger partial charge on any atom is 0.490 e. The van der Waals surface area contributed by atoms with Crippen LogP contribution in [0.25, 0.3) is 0 Å². The van der Waals surface area contributed by atoms with Crippen LogP contribution in [0.15, 0.2) is 11.6 Å². The molecule has 2 N–H and O–H groups in total. The molecule has 0 bridgehead atoms. The number of piperidine rings is 1. The van der Waals surface area contributed by atoms with E-state index in [0.29, 0.717) is 18.4 Å². The average molecular weight is 464 g/mol. The van der Waals surface area contributed by atoms with Gasteiger partial charge in [0.1, 0.15) is 5.01 Å². The van der Waals surface area contributed by atoms with E-state index in [1.165, 1.54) is 10.7 Å². The van der Waals surface area contributed by atoms with E-state index in [4.69, 9.17) is 14.9 Å². The van der Waals surface area contributed by atoms with Crippen molar-refractivity contribution in [2.45, 2.75) is 70.8 Å². The average Bonchev–Trinajstić information content (AvgIpc) is 3.31. The van der Waals surface area contributed by atoms with Crippen LogP contribution in [-0.2, 0) is 17.8 Å². The number of aliphatic carboxylic acids is 1. The number of aromatic nitrogens is 4. The topological polar surface area (TPSA) is 104 Å². The summed E-state index contributed by atoms with van der Waals surface area (Å²) >= 11 is 1.77. The highest BCUT2D eigenvalue weighted by Crippen LogP contribution is 2.25. The molecule has 3 rings (SSSR count). The van der Waals surface area contributed by atoms with Crippen molar-refractivity contribution in [2.75, 3.05) is 13.1 Å². The van der Waals surface area contributed by atoms with Crippen LogP contribution in [0.5, 0.6) is 0 Å². The molecule has 1 saturated heterocycles. The highest BCUT2D eigenvalue weighted by atomic mass is 32.1. The normalized spacial score (nSPS) is 16.8. The Morgan fingerprint density at radius 3 is 2.39 bits per heavy atom. The molecule has 0 amide bonds. The molecule has 1 unspecified atom stereocenters. The number of carboxylic acids is 1. The second kappa shape index (κ2) is 11.0. The zero-order valence-electron chi connectivity index (χ0n) is 17.7. The molecule has 0 radical (unpaired) electrons. The number of hydrogen-bond acceptors (Lipinski definition) is 7. The second-order valence-electron chi connectivity index (χ2n) is 7.87. The van der Waals surface area contributed by atoms with E-state index in [9.17, 15) is 18.3 Å². The van der Waals surface area contributed by atoms with Gasteiger partial charge in [-0.05, 0) is 25.7 Å². The maximum atomic E-state index is 10.6. The Hall–Kier alpha value is -2.05. The summed E-state index contributed by atoms with van der Waals surface area (Å²) < 4.78 is 33.7. The monoisotopic (exact) mass is 463 g/mol. The fourth-order valence-electron chi connectivity index (χ4n) is 3.08. The van der Waals surface area contributed by atoms with Gasteiger partial charge in [0.05, 0.1) is 30.1 Å². The van der Waals surface area contributed by atoms with Crippen LogP contribution in [0.1, 0.15) is 62.0 Å². The number of likely N-dealkylation sites (tertiary alicyclic amines) is 1. The Morgan fingerprint density at radius 1 is 1.29 bits per heavy atom. The van der Waals surface area contributed by atoms with Crippen LogP contribution >= 0.6 is 11.3 Å². The fourth-order valence-corrected chi connectivity index (χ4v) is 4.08. The minimum atomic E-state index is -5.08. The van der Waals surface area contributed by atoms with E-state index < -0.39 is 12.1 Å². The summed E-state index contributed by atoms with van der Waals surface area (Å²) in [6.45, 7) is 9.23. The number of alkyl halides is 3. The maximum absolute atomic E-state index is 10.6. The number of carbonyl (C=O) groups is 1. The zero-order valence-corrected chi connectivity index (χ0v) is 18.5. The van der Waals surface area contributed by atoms with Crippen molar-refractivity contribution < 1.29 is 28.2 Å². The van der Waals surface area contributed by atoms with Crippen molar-refractivity contribution in [3.05, 3.63) is 28.0 Å². The first-order valence-electron chi connectivity index (χ1n) is 10.0. The predicted molar refractivity (Wildman–Crippen MR) is 109 cm³/mol. The molecule has 0 aliphatic carbocycles. The molecule has 174 valence electrons. The molecule has 1 fully saturated rings. The van der Waals surface area contributed by atoms with E-state index in [1.807, 2.05) is 10.9 Å². The molecule has 3 heterocycles. The molecule has 1 atom stereocenters. The summed E-state index contributed by atoms with van der Waals surface area (Å²) in [5.41, 5.74) is 2.08. The summed E-state index contributed by atoms with van der Waals surface area (Å²) in [5.74, 6) is -2.25. The number of carboxylic acid groups (broad SMARTS) is 1. The summed E-state index contributed by atoms with van der Waals surface area (Å²) in [7, 11) is 0. The van der Waals surface area contributed by atoms with Gasteiger partial charge in [-0.3, -0.25) is 4.90 Å². The van der Waals surface area contributed by atoms with E-state index in [2.05, 4.69) is 34.4 Å². The van der Waals surface area contributed by atoms with Gasteiger partial charge in [0.25, 0.3) is 0 Å². The molecule has 2 aromatic heterocycles. The van der Waals surface area contributed by atoms with Gasteiger partial charge in [-0.1, -0.05) is 19.1 Å². The van der Waals surface area contributed by atoms with Crippen molar-refractivity contribution in [1.82, 2.24) is 24.9 Å². The highest BCUT2D eigenvalue weighted by Gasteiger charge is 2.38. The lowest BCUT2D eigenvalue weighted by molar-refractivity contribution is -0.192. The SMILES string of the molecule is CC(O)Cc1cn(C2CCN(Cc3nc(C(C)C)cs3)CC2)nn1.O=C(O)C(F)(F)F. The Kier molecular flexibility index (Phi) is 8.95. The first kappa shape index (κ1) is 25.2. The molecule has 0 aromatic carbocycles. The number of aliphatic hydroxyl groups is 1. The third-order valence-corrected chi connectivity index (χ3v) is 5.61. The Labute approximate surface area is 182 Å². The predicted octanol–water partition coefficient (Wildman–Crippen LogP) is 3.25. The van der Waals surface area contributed by atoms with Gasteiger partial charge in [-0.15, -0.1) is 16.4 Å². The van der Waals surface area contributed by atoms with Gasteiger partial charge >= 0.3 is 12.1 Å². The largest absolute Gasteiger partial charge is 0.490 e. The molecule has 12 heteroatoms. The van der Waals surface area contributed by atoms with E-state index >= 15 is 0 Å². The number of thiazole rings is 1. The third-order valence-electron chi connectivity index (χ3n) is 4.76. The lowest BCUT2D eigenvalue weighted by Crippen LogP contribution is -2.34. The van der Waals surface area contributed by atoms with Crippen molar-refractivity contribution in [3.63, 3.8) is 0 Å². The third kappa shape index (κ3) is 8.19. The van der Waals surface area contributed by atoms with Crippen LogP contribution in [0.3, 0.4) is 0 Å². The minimum absolute atomic E-state index is 0.369. The van der Waals surface area contributed by atoms with Crippen LogP contribution in [-0.4, -0.2) is 66.4 Å². The van der Waals surface area contributed by atoms with E-state index in [-0.39, 0.29) is 6.10 Å². The molecule has 8 nitrogen and oxygen atoms in total. The molecule has 0 saturated carbocycles. The lowest BCUT2D eigenvalue weighted by Gasteiger charge is -2.31. The first-order valence-corrected chi connectivity index (χ1v) is 10.9. The molecule has 1 aliphatic rings. The van der Waals surface area contributed by atoms with E-state index in [0.717, 1.165) is 38.2 Å². The van der Waals surface area contributed by atoms with Gasteiger partial charge in [0, 0.05) is 31.1 Å². The zero-order chi connectivity index (χ0) is 23.2. The fraction of sp³-hybridized carbons (Fsp3) is 0.684. The Morgan fingerprint density at radius 2 is 1.90 bits per heavy atom. The van der Waals surface area contributed by atoms with Gasteiger partial charge in [0.2, 0.25) is 0 Å². The number of nitrogens with zero attached hydrogens (tertiary/aromatic N) is 5. The lowest BCUT2D eigenvalue weighted by atomic mass is 10.1. The van der Waals surface area contributed by atoms with Crippen molar-refractivity contribution in [2.24, 2.45) is 0 Å². The molecule has 0 spiro atoms. The van der Waals surface area contributed by atoms with Gasteiger partial charge < -0.3 is 10.2 Å². The van der Waals surface area contributed by atoms with Crippen LogP contribution in [0.2, 0.25) is 0 Å². The quantitative estimate of drug-likeness (QED) is 0.678. The molecule has 31 heavy (non-hydrogen) atoms. The van der Waals surface area contributed by atoms with Crippen LogP contribution in [0, 0.1) is 0 Å². The molecular weight excluding hydrogens is 435 g/mol. The van der Waals surface area contributed by atoms with Gasteiger partial charge in [0.15, 0.2) is 0 Å². The summed E-state index contributed by atoms with van der Waals surface area (Å²) in [5, 5.41) is 28.4. The Bertz CT molecular complexity index is 830. The molecular formula is C19H28F3N5O3S. The molecule has 1 aliphatic heterocycles. The number of aliphatic hydroxyl groups excluding tert-OH is 1. The van der Waals surface area contributed by atoms with E-state index in [1.54, 1.807) is 18.3 Å². The highest BCUT2D eigenvalue weighted by molar-refractivity contribution is 7.09. The first-order chi connectivity index (χ1) is 14.5. The Balaban J connectivity index is 0.000000423.